The molecule has 122 valence electrons. The highest BCUT2D eigenvalue weighted by molar-refractivity contribution is 6.33. The summed E-state index contributed by atoms with van der Waals surface area (Å²) in [6.07, 6.45) is 4.48. The maximum Gasteiger partial charge on any atom is 0.255 e. The Balaban J connectivity index is 1.59. The van der Waals surface area contributed by atoms with E-state index in [2.05, 4.69) is 9.55 Å². The topological polar surface area (TPSA) is 51.0 Å². The number of carbonyl (C=O) groups excluding carboxylic acids is 1. The first-order chi connectivity index (χ1) is 11.6. The van der Waals surface area contributed by atoms with Crippen molar-refractivity contribution < 1.29 is 4.79 Å². The highest BCUT2D eigenvalue weighted by Gasteiger charge is 2.31. The molecule has 0 aliphatic carbocycles. The molecule has 3 heterocycles. The van der Waals surface area contributed by atoms with E-state index < -0.39 is 0 Å². The fourth-order valence-corrected chi connectivity index (χ4v) is 3.60. The summed E-state index contributed by atoms with van der Waals surface area (Å²) in [6.45, 7) is 1.38. The summed E-state index contributed by atoms with van der Waals surface area (Å²) < 4.78 is 2.08. The molecule has 1 amide bonds. The molecule has 3 aromatic rings. The first-order valence-electron chi connectivity index (χ1n) is 7.95. The van der Waals surface area contributed by atoms with Crippen molar-refractivity contribution in [1.82, 2.24) is 19.4 Å². The van der Waals surface area contributed by atoms with Crippen molar-refractivity contribution in [1.29, 1.82) is 0 Å². The number of fused-ring (bicyclic) bond motifs is 1. The lowest BCUT2D eigenvalue weighted by atomic mass is 10.1. The van der Waals surface area contributed by atoms with Crippen LogP contribution in [0.15, 0.2) is 42.7 Å². The lowest BCUT2D eigenvalue weighted by molar-refractivity contribution is 0.0790. The van der Waals surface area contributed by atoms with Crippen LogP contribution in [0.5, 0.6) is 0 Å². The van der Waals surface area contributed by atoms with Crippen molar-refractivity contribution in [2.24, 2.45) is 7.05 Å². The molecule has 0 radical (unpaired) electrons. The van der Waals surface area contributed by atoms with Crippen LogP contribution in [0.4, 0.5) is 0 Å². The molecule has 4 rings (SSSR count). The lowest BCUT2D eigenvalue weighted by Gasteiger charge is -2.17. The second-order valence-electron chi connectivity index (χ2n) is 6.11. The van der Waals surface area contributed by atoms with Gasteiger partial charge in [-0.1, -0.05) is 23.7 Å². The number of hydrogen-bond acceptors (Lipinski definition) is 3. The molecule has 1 aromatic carbocycles. The molecule has 1 unspecified atom stereocenters. The number of halogens is 1. The third-order valence-corrected chi connectivity index (χ3v) is 4.99. The first kappa shape index (κ1) is 15.1. The fraction of sp³-hybridized carbons (Fsp3) is 0.278. The monoisotopic (exact) mass is 340 g/mol. The SMILES string of the molecule is Cn1c(C2CCN(C(=O)c3ccccc3Cl)C2)nc2ccncc21. The van der Waals surface area contributed by atoms with Crippen LogP contribution in [-0.4, -0.2) is 38.4 Å². The van der Waals surface area contributed by atoms with E-state index in [0.29, 0.717) is 17.1 Å². The number of carbonyl (C=O) groups is 1. The van der Waals surface area contributed by atoms with Gasteiger partial charge in [0.1, 0.15) is 5.82 Å². The normalized spacial score (nSPS) is 17.6. The van der Waals surface area contributed by atoms with Gasteiger partial charge in [-0.3, -0.25) is 9.78 Å². The van der Waals surface area contributed by atoms with Crippen molar-refractivity contribution in [3.63, 3.8) is 0 Å². The van der Waals surface area contributed by atoms with E-state index in [9.17, 15) is 4.79 Å². The number of benzene rings is 1. The highest BCUT2D eigenvalue weighted by atomic mass is 35.5. The Morgan fingerprint density at radius 2 is 2.12 bits per heavy atom. The molecule has 0 spiro atoms. The minimum Gasteiger partial charge on any atom is -0.338 e. The Morgan fingerprint density at radius 1 is 1.29 bits per heavy atom. The number of likely N-dealkylation sites (tertiary alicyclic amines) is 1. The van der Waals surface area contributed by atoms with Crippen LogP contribution in [0.3, 0.4) is 0 Å². The molecular weight excluding hydrogens is 324 g/mol. The predicted molar refractivity (Wildman–Crippen MR) is 93.2 cm³/mol. The van der Waals surface area contributed by atoms with E-state index in [0.717, 1.165) is 29.8 Å². The summed E-state index contributed by atoms with van der Waals surface area (Å²) in [5.74, 6) is 1.23. The van der Waals surface area contributed by atoms with Gasteiger partial charge in [-0.2, -0.15) is 0 Å². The lowest BCUT2D eigenvalue weighted by Crippen LogP contribution is -2.28. The van der Waals surface area contributed by atoms with Gasteiger partial charge in [-0.15, -0.1) is 0 Å². The molecule has 6 heteroatoms. The summed E-state index contributed by atoms with van der Waals surface area (Å²) in [4.78, 5) is 23.5. The van der Waals surface area contributed by atoms with Crippen LogP contribution in [0, 0.1) is 0 Å². The van der Waals surface area contributed by atoms with Gasteiger partial charge in [0, 0.05) is 32.3 Å². The average molecular weight is 341 g/mol. The van der Waals surface area contributed by atoms with Gasteiger partial charge >= 0.3 is 0 Å². The Morgan fingerprint density at radius 3 is 2.92 bits per heavy atom. The standard InChI is InChI=1S/C18H17ClN4O/c1-22-16-10-20-8-6-15(16)21-17(22)12-7-9-23(11-12)18(24)13-4-2-3-5-14(13)19/h2-6,8,10,12H,7,9,11H2,1H3. The molecule has 1 atom stereocenters. The Labute approximate surface area is 144 Å². The first-order valence-corrected chi connectivity index (χ1v) is 8.33. The van der Waals surface area contributed by atoms with Crippen molar-refractivity contribution in [2.75, 3.05) is 13.1 Å². The van der Waals surface area contributed by atoms with Gasteiger partial charge in [0.05, 0.1) is 27.8 Å². The zero-order chi connectivity index (χ0) is 16.7. The van der Waals surface area contributed by atoms with Crippen molar-refractivity contribution in [2.45, 2.75) is 12.3 Å². The van der Waals surface area contributed by atoms with Gasteiger partial charge in [-0.05, 0) is 24.6 Å². The van der Waals surface area contributed by atoms with E-state index in [1.807, 2.05) is 36.3 Å². The molecule has 2 aromatic heterocycles. The second kappa shape index (κ2) is 5.91. The van der Waals surface area contributed by atoms with Crippen LogP contribution in [0.25, 0.3) is 11.0 Å². The van der Waals surface area contributed by atoms with Crippen molar-refractivity contribution in [3.8, 4) is 0 Å². The number of aryl methyl sites for hydroxylation is 1. The van der Waals surface area contributed by atoms with Crippen LogP contribution in [0.2, 0.25) is 5.02 Å². The maximum absolute atomic E-state index is 12.7. The van der Waals surface area contributed by atoms with E-state index in [-0.39, 0.29) is 11.8 Å². The van der Waals surface area contributed by atoms with Crippen LogP contribution < -0.4 is 0 Å². The molecule has 5 nitrogen and oxygen atoms in total. The zero-order valence-corrected chi connectivity index (χ0v) is 14.1. The molecule has 0 N–H and O–H groups in total. The maximum atomic E-state index is 12.7. The molecule has 1 aliphatic heterocycles. The van der Waals surface area contributed by atoms with Gasteiger partial charge in [0.15, 0.2) is 0 Å². The summed E-state index contributed by atoms with van der Waals surface area (Å²) >= 11 is 6.16. The predicted octanol–water partition coefficient (Wildman–Crippen LogP) is 3.25. The minimum atomic E-state index is -0.0106. The fourth-order valence-electron chi connectivity index (χ4n) is 3.38. The average Bonchev–Trinajstić information content (AvgIpc) is 3.20. The smallest absolute Gasteiger partial charge is 0.255 e. The van der Waals surface area contributed by atoms with E-state index in [1.165, 1.54) is 0 Å². The third kappa shape index (κ3) is 2.45. The molecule has 0 bridgehead atoms. The Bertz CT molecular complexity index is 920. The van der Waals surface area contributed by atoms with Crippen LogP contribution in [-0.2, 0) is 7.05 Å². The van der Waals surface area contributed by atoms with Gasteiger partial charge in [0.2, 0.25) is 0 Å². The number of pyridine rings is 1. The molecule has 24 heavy (non-hydrogen) atoms. The number of amides is 1. The van der Waals surface area contributed by atoms with Crippen molar-refractivity contribution >= 4 is 28.5 Å². The van der Waals surface area contributed by atoms with Crippen LogP contribution in [0.1, 0.15) is 28.5 Å². The number of hydrogen-bond donors (Lipinski definition) is 0. The molecule has 1 aliphatic rings. The largest absolute Gasteiger partial charge is 0.338 e. The summed E-state index contributed by atoms with van der Waals surface area (Å²) in [5.41, 5.74) is 2.52. The van der Waals surface area contributed by atoms with E-state index >= 15 is 0 Å². The molecule has 0 saturated carbocycles. The van der Waals surface area contributed by atoms with Gasteiger partial charge < -0.3 is 9.47 Å². The number of aromatic nitrogens is 3. The van der Waals surface area contributed by atoms with Crippen molar-refractivity contribution in [3.05, 3.63) is 59.1 Å². The van der Waals surface area contributed by atoms with E-state index in [1.54, 1.807) is 18.3 Å². The van der Waals surface area contributed by atoms with Crippen LogP contribution >= 0.6 is 11.6 Å². The highest BCUT2D eigenvalue weighted by Crippen LogP contribution is 2.30. The second-order valence-corrected chi connectivity index (χ2v) is 6.52. The summed E-state index contributed by atoms with van der Waals surface area (Å²) in [5, 5.41) is 0.500. The van der Waals surface area contributed by atoms with Gasteiger partial charge in [-0.25, -0.2) is 4.98 Å². The minimum absolute atomic E-state index is 0.0106. The summed E-state index contributed by atoms with van der Waals surface area (Å²) in [6, 6.07) is 9.12. The molecule has 1 saturated heterocycles. The number of rotatable bonds is 2. The third-order valence-electron chi connectivity index (χ3n) is 4.66. The Hall–Kier alpha value is -2.40. The van der Waals surface area contributed by atoms with Gasteiger partial charge in [0.25, 0.3) is 5.91 Å². The number of imidazole rings is 1. The summed E-state index contributed by atoms with van der Waals surface area (Å²) in [7, 11) is 2.00. The Kier molecular flexibility index (Phi) is 3.73. The van der Waals surface area contributed by atoms with E-state index in [4.69, 9.17) is 16.6 Å². The number of nitrogens with zero attached hydrogens (tertiary/aromatic N) is 4. The zero-order valence-electron chi connectivity index (χ0n) is 13.3. The molecule has 1 fully saturated rings. The quantitative estimate of drug-likeness (QED) is 0.719. The molecular formula is C18H17ClN4O.